The predicted octanol–water partition coefficient (Wildman–Crippen LogP) is 10.5. The summed E-state index contributed by atoms with van der Waals surface area (Å²) in [4.78, 5) is 2.72. The van der Waals surface area contributed by atoms with Crippen LogP contribution in [0.5, 0.6) is 0 Å². The van der Waals surface area contributed by atoms with Crippen LogP contribution in [0.1, 0.15) is 105 Å². The minimum absolute atomic E-state index is 0.879. The van der Waals surface area contributed by atoms with Crippen molar-refractivity contribution >= 4 is 17.1 Å². The average molecular weight is 594 g/mol. The number of rotatable bonds is 5. The van der Waals surface area contributed by atoms with Gasteiger partial charge in [-0.2, -0.15) is 0 Å². The smallest absolute Gasteiger partial charge is 0.0398 e. The molecule has 0 aromatic heterocycles. The number of hydrogen-bond acceptors (Lipinski definition) is 3. The largest absolute Gasteiger partial charge is 0.385 e. The van der Waals surface area contributed by atoms with Crippen LogP contribution in [0.15, 0.2) is 60.7 Å². The maximum absolute atomic E-state index is 3.87. The van der Waals surface area contributed by atoms with Crippen LogP contribution < -0.4 is 15.5 Å². The molecule has 3 aromatic rings. The quantitative estimate of drug-likeness (QED) is 0.288. The molecule has 3 heteroatoms. The molecule has 1 saturated carbocycles. The zero-order valence-electron chi connectivity index (χ0n) is 28.1. The van der Waals surface area contributed by atoms with Gasteiger partial charge in [0, 0.05) is 43.2 Å². The highest BCUT2D eigenvalue weighted by atomic mass is 15.1. The van der Waals surface area contributed by atoms with E-state index in [9.17, 15) is 0 Å². The van der Waals surface area contributed by atoms with Crippen molar-refractivity contribution in [3.05, 3.63) is 88.5 Å². The number of fused-ring (bicyclic) bond motifs is 12. The number of unbranched alkanes of at least 4 members (excludes halogenated alkanes) is 2. The number of hydrogen-bond donors (Lipinski definition) is 2. The molecule has 2 bridgehead atoms. The first-order valence-corrected chi connectivity index (χ1v) is 18.1. The van der Waals surface area contributed by atoms with Crippen molar-refractivity contribution in [2.24, 2.45) is 11.8 Å². The van der Waals surface area contributed by atoms with E-state index in [1.807, 2.05) is 0 Å². The van der Waals surface area contributed by atoms with Crippen molar-refractivity contribution in [1.29, 1.82) is 0 Å². The summed E-state index contributed by atoms with van der Waals surface area (Å²) in [7, 11) is 0. The fraction of sp³-hybridized carbons (Fsp3) is 0.561. The van der Waals surface area contributed by atoms with E-state index in [1.165, 1.54) is 122 Å². The van der Waals surface area contributed by atoms with Crippen molar-refractivity contribution in [1.82, 2.24) is 0 Å². The molecule has 44 heavy (non-hydrogen) atoms. The Labute approximate surface area is 269 Å². The summed E-state index contributed by atoms with van der Waals surface area (Å²) in [5.74, 6) is 1.76. The van der Waals surface area contributed by atoms with Gasteiger partial charge in [0.2, 0.25) is 0 Å². The monoisotopic (exact) mass is 593 g/mol. The second-order valence-electron chi connectivity index (χ2n) is 13.9. The Bertz CT molecular complexity index is 1220. The van der Waals surface area contributed by atoms with Gasteiger partial charge in [-0.05, 0) is 112 Å². The van der Waals surface area contributed by atoms with Gasteiger partial charge in [-0.3, -0.25) is 0 Å². The maximum Gasteiger partial charge on any atom is 0.0398 e. The standard InChI is InChI=1S/C41H59N3/c1-4-5-6-11-36-12-7-8-15-41(36)44-28-9-13-37-30-32(2)16-22-39(37)42-26-24-34-18-20-35(21-19-34)25-27-43-40-23-17-33(3)31-38(40)14-10-29-44/h7-8,12,15-17,22-23,30-31,34-35,42-43H,4-6,9-11,13-14,18-21,24-29H2,1-3H3. The summed E-state index contributed by atoms with van der Waals surface area (Å²) in [6, 6.07) is 23.3. The Morgan fingerprint density at radius 1 is 0.659 bits per heavy atom. The molecule has 1 aliphatic carbocycles. The summed E-state index contributed by atoms with van der Waals surface area (Å²) in [6.07, 6.45) is 17.8. The summed E-state index contributed by atoms with van der Waals surface area (Å²) < 4.78 is 0. The second-order valence-corrected chi connectivity index (χ2v) is 13.9. The molecule has 0 atom stereocenters. The molecule has 1 fully saturated rings. The van der Waals surface area contributed by atoms with Gasteiger partial charge in [-0.1, -0.05) is 99.0 Å². The first kappa shape index (κ1) is 32.5. The van der Waals surface area contributed by atoms with Crippen LogP contribution in [-0.2, 0) is 19.3 Å². The number of anilines is 3. The van der Waals surface area contributed by atoms with E-state index in [-0.39, 0.29) is 0 Å². The number of nitrogens with zero attached hydrogens (tertiary/aromatic N) is 1. The van der Waals surface area contributed by atoms with Crippen LogP contribution in [0.2, 0.25) is 0 Å². The van der Waals surface area contributed by atoms with Crippen LogP contribution in [0.25, 0.3) is 0 Å². The Kier molecular flexibility index (Phi) is 12.5. The van der Waals surface area contributed by atoms with Crippen LogP contribution >= 0.6 is 0 Å². The van der Waals surface area contributed by atoms with E-state index >= 15 is 0 Å². The molecular weight excluding hydrogens is 534 g/mol. The minimum Gasteiger partial charge on any atom is -0.385 e. The molecule has 0 radical (unpaired) electrons. The average Bonchev–Trinajstić information content (AvgIpc) is 3.03. The molecular formula is C41H59N3. The van der Waals surface area contributed by atoms with Gasteiger partial charge >= 0.3 is 0 Å². The van der Waals surface area contributed by atoms with E-state index in [0.717, 1.165) is 50.9 Å². The number of benzene rings is 3. The van der Waals surface area contributed by atoms with Crippen molar-refractivity contribution in [2.75, 3.05) is 41.7 Å². The van der Waals surface area contributed by atoms with Crippen LogP contribution in [0, 0.1) is 25.7 Å². The van der Waals surface area contributed by atoms with Gasteiger partial charge in [-0.25, -0.2) is 0 Å². The Morgan fingerprint density at radius 2 is 1.20 bits per heavy atom. The minimum atomic E-state index is 0.879. The van der Waals surface area contributed by atoms with Crippen molar-refractivity contribution in [3.8, 4) is 0 Å². The lowest BCUT2D eigenvalue weighted by Gasteiger charge is -2.29. The molecule has 0 amide bonds. The summed E-state index contributed by atoms with van der Waals surface area (Å²) in [6.45, 7) is 11.2. The lowest BCUT2D eigenvalue weighted by atomic mass is 9.79. The van der Waals surface area contributed by atoms with E-state index in [1.54, 1.807) is 0 Å². The second kappa shape index (κ2) is 16.9. The number of nitrogens with one attached hydrogen (secondary N) is 2. The van der Waals surface area contributed by atoms with Crippen molar-refractivity contribution < 1.29 is 0 Å². The third-order valence-corrected chi connectivity index (χ3v) is 10.4. The Balaban J connectivity index is 1.36. The highest BCUT2D eigenvalue weighted by Crippen LogP contribution is 2.33. The van der Waals surface area contributed by atoms with Crippen molar-refractivity contribution in [3.63, 3.8) is 0 Å². The van der Waals surface area contributed by atoms with Gasteiger partial charge in [0.25, 0.3) is 0 Å². The maximum atomic E-state index is 3.87. The highest BCUT2D eigenvalue weighted by molar-refractivity contribution is 5.56. The predicted molar refractivity (Wildman–Crippen MR) is 193 cm³/mol. The van der Waals surface area contributed by atoms with Gasteiger partial charge < -0.3 is 15.5 Å². The van der Waals surface area contributed by atoms with Crippen LogP contribution in [0.3, 0.4) is 0 Å². The van der Waals surface area contributed by atoms with E-state index in [0.29, 0.717) is 0 Å². The fourth-order valence-electron chi connectivity index (χ4n) is 7.70. The lowest BCUT2D eigenvalue weighted by molar-refractivity contribution is 0.260. The van der Waals surface area contributed by atoms with E-state index in [4.69, 9.17) is 0 Å². The molecule has 2 heterocycles. The first-order valence-electron chi connectivity index (χ1n) is 18.1. The topological polar surface area (TPSA) is 27.3 Å². The number of aryl methyl sites for hydroxylation is 5. The normalized spacial score (nSPS) is 20.5. The third-order valence-electron chi connectivity index (χ3n) is 10.4. The molecule has 3 aliphatic rings. The van der Waals surface area contributed by atoms with Gasteiger partial charge in [-0.15, -0.1) is 0 Å². The molecule has 6 rings (SSSR count). The van der Waals surface area contributed by atoms with E-state index < -0.39 is 0 Å². The molecule has 3 nitrogen and oxygen atoms in total. The molecule has 2 N–H and O–H groups in total. The zero-order valence-corrected chi connectivity index (χ0v) is 28.1. The third kappa shape index (κ3) is 9.53. The Hall–Kier alpha value is -2.94. The van der Waals surface area contributed by atoms with Crippen molar-refractivity contribution in [2.45, 2.75) is 111 Å². The molecule has 0 saturated heterocycles. The van der Waals surface area contributed by atoms with Crippen LogP contribution in [0.4, 0.5) is 17.1 Å². The van der Waals surface area contributed by atoms with Crippen LogP contribution in [-0.4, -0.2) is 26.2 Å². The van der Waals surface area contributed by atoms with Gasteiger partial charge in [0.1, 0.15) is 0 Å². The number of para-hydroxylation sites is 1. The SMILES string of the molecule is CCCCCc1ccccc1N1CCCc2cc(C)ccc2NCCC2CCC(CCNc3ccc(C)cc3CCC1)CC2. The summed E-state index contributed by atoms with van der Waals surface area (Å²) in [5, 5.41) is 7.75. The van der Waals surface area contributed by atoms with Gasteiger partial charge in [0.05, 0.1) is 0 Å². The molecule has 0 spiro atoms. The first-order chi connectivity index (χ1) is 21.6. The fourth-order valence-corrected chi connectivity index (χ4v) is 7.70. The molecule has 2 aliphatic heterocycles. The summed E-state index contributed by atoms with van der Waals surface area (Å²) in [5.41, 5.74) is 11.4. The molecule has 238 valence electrons. The summed E-state index contributed by atoms with van der Waals surface area (Å²) >= 11 is 0. The zero-order chi connectivity index (χ0) is 30.6. The van der Waals surface area contributed by atoms with E-state index in [2.05, 4.69) is 97.0 Å². The lowest BCUT2D eigenvalue weighted by Crippen LogP contribution is -2.27. The molecule has 0 unspecified atom stereocenters. The Morgan fingerprint density at radius 3 is 1.75 bits per heavy atom. The highest BCUT2D eigenvalue weighted by Gasteiger charge is 2.21. The molecule has 3 aromatic carbocycles. The van der Waals surface area contributed by atoms with Gasteiger partial charge in [0.15, 0.2) is 0 Å².